The summed E-state index contributed by atoms with van der Waals surface area (Å²) in [6, 6.07) is -0.0734. The van der Waals surface area contributed by atoms with Crippen LogP contribution in [-0.4, -0.2) is 48.7 Å². The second-order valence-electron chi connectivity index (χ2n) is 3.09. The summed E-state index contributed by atoms with van der Waals surface area (Å²) >= 11 is 0. The summed E-state index contributed by atoms with van der Waals surface area (Å²) in [4.78, 5) is 2.01. The molecule has 1 N–H and O–H groups in total. The zero-order chi connectivity index (χ0) is 9.47. The van der Waals surface area contributed by atoms with E-state index in [9.17, 15) is 8.42 Å². The molecule has 0 aliphatic carbocycles. The highest BCUT2D eigenvalue weighted by Gasteiger charge is 2.33. The van der Waals surface area contributed by atoms with Gasteiger partial charge >= 0.3 is 10.4 Å². The van der Waals surface area contributed by atoms with Gasteiger partial charge in [0.15, 0.2) is 0 Å². The van der Waals surface area contributed by atoms with Crippen LogP contribution in [0.4, 0.5) is 0 Å². The fourth-order valence-corrected chi connectivity index (χ4v) is 1.97. The molecule has 6 nitrogen and oxygen atoms in total. The molecule has 2 atom stereocenters. The first kappa shape index (κ1) is 9.10. The van der Waals surface area contributed by atoms with E-state index in [0.717, 1.165) is 13.1 Å². The van der Waals surface area contributed by atoms with E-state index < -0.39 is 10.4 Å². The Morgan fingerprint density at radius 3 is 2.92 bits per heavy atom. The van der Waals surface area contributed by atoms with E-state index >= 15 is 0 Å². The number of rotatable bonds is 2. The smallest absolute Gasteiger partial charge is 0.283 e. The summed E-state index contributed by atoms with van der Waals surface area (Å²) in [5.41, 5.74) is 0. The Bertz CT molecular complexity index is 326. The molecule has 1 saturated heterocycles. The van der Waals surface area contributed by atoms with Gasteiger partial charge in [-0.1, -0.05) is 12.2 Å². The normalized spacial score (nSPS) is 33.9. The van der Waals surface area contributed by atoms with Gasteiger partial charge in [0.25, 0.3) is 0 Å². The number of hydrogen-bond donors (Lipinski definition) is 1. The Morgan fingerprint density at radius 1 is 1.54 bits per heavy atom. The molecule has 13 heavy (non-hydrogen) atoms. The van der Waals surface area contributed by atoms with E-state index in [0.29, 0.717) is 6.67 Å². The van der Waals surface area contributed by atoms with E-state index in [1.807, 2.05) is 17.1 Å². The Balaban J connectivity index is 2.07. The standard InChI is InChI=1S/C6H10N2O4S/c9-13(10,11)12-8-5-7-3-1-2-6(8)4-7/h1-2,6H,3-5H2,(H,9,10,11). The van der Waals surface area contributed by atoms with E-state index in [1.165, 1.54) is 5.06 Å². The average molecular weight is 206 g/mol. The van der Waals surface area contributed by atoms with Crippen LogP contribution in [0.5, 0.6) is 0 Å². The molecular formula is C6H10N2O4S. The molecule has 0 radical (unpaired) electrons. The van der Waals surface area contributed by atoms with Crippen molar-refractivity contribution in [1.82, 2.24) is 9.96 Å². The van der Waals surface area contributed by atoms with Crippen molar-refractivity contribution in [2.75, 3.05) is 19.8 Å². The van der Waals surface area contributed by atoms with Crippen molar-refractivity contribution < 1.29 is 17.3 Å². The zero-order valence-electron chi connectivity index (χ0n) is 6.83. The van der Waals surface area contributed by atoms with Crippen LogP contribution in [0.15, 0.2) is 12.2 Å². The van der Waals surface area contributed by atoms with Crippen molar-refractivity contribution in [2.45, 2.75) is 6.04 Å². The maximum Gasteiger partial charge on any atom is 0.413 e. The van der Waals surface area contributed by atoms with Gasteiger partial charge in [0.2, 0.25) is 0 Å². The summed E-state index contributed by atoms with van der Waals surface area (Å²) < 4.78 is 33.7. The number of hydrogen-bond acceptors (Lipinski definition) is 5. The molecule has 1 fully saturated rings. The maximum absolute atomic E-state index is 10.4. The summed E-state index contributed by atoms with van der Waals surface area (Å²) in [5.74, 6) is 0. The van der Waals surface area contributed by atoms with Gasteiger partial charge in [0.1, 0.15) is 0 Å². The molecule has 2 unspecified atom stereocenters. The highest BCUT2D eigenvalue weighted by molar-refractivity contribution is 7.80. The van der Waals surface area contributed by atoms with E-state index in [2.05, 4.69) is 4.28 Å². The van der Waals surface area contributed by atoms with Gasteiger partial charge in [-0.3, -0.25) is 9.45 Å². The highest BCUT2D eigenvalue weighted by Crippen LogP contribution is 2.19. The quantitative estimate of drug-likeness (QED) is 0.473. The molecule has 7 heteroatoms. The molecule has 2 aliphatic rings. The molecule has 2 rings (SSSR count). The topological polar surface area (TPSA) is 70.1 Å². The lowest BCUT2D eigenvalue weighted by molar-refractivity contribution is -0.0667. The lowest BCUT2D eigenvalue weighted by atomic mass is 10.2. The number of nitrogens with zero attached hydrogens (tertiary/aromatic N) is 2. The van der Waals surface area contributed by atoms with Crippen molar-refractivity contribution in [3.8, 4) is 0 Å². The monoisotopic (exact) mass is 206 g/mol. The van der Waals surface area contributed by atoms with Crippen LogP contribution in [0.3, 0.4) is 0 Å². The van der Waals surface area contributed by atoms with Gasteiger partial charge in [-0.05, 0) is 0 Å². The Morgan fingerprint density at radius 2 is 2.31 bits per heavy atom. The zero-order valence-corrected chi connectivity index (χ0v) is 7.64. The van der Waals surface area contributed by atoms with Crippen LogP contribution >= 0.6 is 0 Å². The molecule has 0 aromatic heterocycles. The minimum atomic E-state index is -4.38. The molecule has 2 bridgehead atoms. The third kappa shape index (κ3) is 2.06. The van der Waals surface area contributed by atoms with Gasteiger partial charge in [0.05, 0.1) is 12.7 Å². The Labute approximate surface area is 76.3 Å². The fourth-order valence-electron chi connectivity index (χ4n) is 1.57. The van der Waals surface area contributed by atoms with Gasteiger partial charge in [-0.15, -0.1) is 5.06 Å². The summed E-state index contributed by atoms with van der Waals surface area (Å²) in [5, 5.41) is 1.25. The van der Waals surface area contributed by atoms with Crippen molar-refractivity contribution in [3.63, 3.8) is 0 Å². The van der Waals surface area contributed by atoms with Crippen molar-refractivity contribution in [1.29, 1.82) is 0 Å². The fraction of sp³-hybridized carbons (Fsp3) is 0.667. The van der Waals surface area contributed by atoms with Gasteiger partial charge in [-0.25, -0.2) is 0 Å². The van der Waals surface area contributed by atoms with Crippen LogP contribution in [0, 0.1) is 0 Å². The Hall–Kier alpha value is -0.470. The summed E-state index contributed by atoms with van der Waals surface area (Å²) in [6.07, 6.45) is 3.82. The largest absolute Gasteiger partial charge is 0.413 e. The SMILES string of the molecule is O=S(=O)(O)ON1CN2CC=CC1C2. The minimum Gasteiger partial charge on any atom is -0.283 e. The van der Waals surface area contributed by atoms with Crippen LogP contribution in [0.2, 0.25) is 0 Å². The molecule has 0 aromatic rings. The number of fused-ring (bicyclic) bond motifs is 2. The lowest BCUT2D eigenvalue weighted by Gasteiger charge is -2.16. The molecule has 0 saturated carbocycles. The third-order valence-electron chi connectivity index (χ3n) is 2.07. The summed E-state index contributed by atoms with van der Waals surface area (Å²) in [7, 11) is -4.38. The molecule has 2 heterocycles. The van der Waals surface area contributed by atoms with Gasteiger partial charge in [-0.2, -0.15) is 12.7 Å². The first-order chi connectivity index (χ1) is 6.04. The third-order valence-corrected chi connectivity index (χ3v) is 2.45. The Kier molecular flexibility index (Phi) is 2.12. The first-order valence-electron chi connectivity index (χ1n) is 3.87. The molecule has 74 valence electrons. The van der Waals surface area contributed by atoms with Crippen molar-refractivity contribution in [2.24, 2.45) is 0 Å². The minimum absolute atomic E-state index is 0.0734. The van der Waals surface area contributed by atoms with Gasteiger partial charge < -0.3 is 0 Å². The maximum atomic E-state index is 10.4. The van der Waals surface area contributed by atoms with Crippen LogP contribution in [0.25, 0.3) is 0 Å². The average Bonchev–Trinajstić information content (AvgIpc) is 2.24. The second-order valence-corrected chi connectivity index (χ2v) is 4.10. The van der Waals surface area contributed by atoms with E-state index in [1.54, 1.807) is 0 Å². The van der Waals surface area contributed by atoms with Crippen LogP contribution < -0.4 is 0 Å². The first-order valence-corrected chi connectivity index (χ1v) is 5.24. The molecule has 0 spiro atoms. The molecule has 0 aromatic carbocycles. The van der Waals surface area contributed by atoms with E-state index in [4.69, 9.17) is 4.55 Å². The second kappa shape index (κ2) is 3.03. The molecule has 0 amide bonds. The van der Waals surface area contributed by atoms with E-state index in [-0.39, 0.29) is 6.04 Å². The number of hydroxylamine groups is 2. The summed E-state index contributed by atoms with van der Waals surface area (Å²) in [6.45, 7) is 1.94. The van der Waals surface area contributed by atoms with Crippen LogP contribution in [-0.2, 0) is 14.7 Å². The van der Waals surface area contributed by atoms with Gasteiger partial charge in [0, 0.05) is 13.1 Å². The highest BCUT2D eigenvalue weighted by atomic mass is 32.3. The predicted octanol–water partition coefficient (Wildman–Crippen LogP) is -0.766. The lowest BCUT2D eigenvalue weighted by Crippen LogP contribution is -2.31. The van der Waals surface area contributed by atoms with Crippen molar-refractivity contribution in [3.05, 3.63) is 12.2 Å². The molecule has 2 aliphatic heterocycles. The van der Waals surface area contributed by atoms with Crippen molar-refractivity contribution >= 4 is 10.4 Å². The molecular weight excluding hydrogens is 196 g/mol. The predicted molar refractivity (Wildman–Crippen MR) is 43.8 cm³/mol. The van der Waals surface area contributed by atoms with Crippen LogP contribution in [0.1, 0.15) is 0 Å².